The minimum absolute atomic E-state index is 0.125. The first-order chi connectivity index (χ1) is 13.5. The minimum Gasteiger partial charge on any atom is -0.508 e. The Bertz CT molecular complexity index is 951. The van der Waals surface area contributed by atoms with Gasteiger partial charge in [-0.3, -0.25) is 9.69 Å². The Kier molecular flexibility index (Phi) is 6.16. The molecule has 0 aliphatic carbocycles. The predicted molar refractivity (Wildman–Crippen MR) is 111 cm³/mol. The summed E-state index contributed by atoms with van der Waals surface area (Å²) in [6.07, 6.45) is 3.54. The molecule has 0 radical (unpaired) electrons. The summed E-state index contributed by atoms with van der Waals surface area (Å²) in [5.41, 5.74) is 1.44. The van der Waals surface area contributed by atoms with Crippen molar-refractivity contribution < 1.29 is 19.8 Å². The van der Waals surface area contributed by atoms with E-state index in [0.29, 0.717) is 22.3 Å². The monoisotopic (exact) mass is 396 g/mol. The van der Waals surface area contributed by atoms with Gasteiger partial charge in [-0.1, -0.05) is 31.5 Å². The van der Waals surface area contributed by atoms with Gasteiger partial charge in [0.05, 0.1) is 16.2 Å². The third kappa shape index (κ3) is 4.61. The molecule has 3 rings (SSSR count). The number of hydrogen-bond donors (Lipinski definition) is 2. The lowest BCUT2D eigenvalue weighted by atomic mass is 10.2. The molecule has 0 spiro atoms. The van der Waals surface area contributed by atoms with E-state index in [9.17, 15) is 14.7 Å². The van der Waals surface area contributed by atoms with Gasteiger partial charge in [-0.25, -0.2) is 9.79 Å². The molecule has 2 N–H and O–H groups in total. The summed E-state index contributed by atoms with van der Waals surface area (Å²) in [6.45, 7) is 2.60. The molecule has 0 saturated carbocycles. The minimum atomic E-state index is -1.02. The molecular formula is C21H20N2O4S. The van der Waals surface area contributed by atoms with E-state index in [1.165, 1.54) is 23.9 Å². The second kappa shape index (κ2) is 8.75. The summed E-state index contributed by atoms with van der Waals surface area (Å²) in [5, 5.41) is 19.1. The number of amides is 1. The van der Waals surface area contributed by atoms with Crippen LogP contribution < -0.4 is 0 Å². The number of nitrogens with zero attached hydrogens (tertiary/aromatic N) is 2. The van der Waals surface area contributed by atoms with Crippen LogP contribution in [0.15, 0.2) is 58.4 Å². The number of aromatic hydroxyl groups is 1. The summed E-state index contributed by atoms with van der Waals surface area (Å²) in [5.74, 6) is -0.981. The van der Waals surface area contributed by atoms with Crippen molar-refractivity contribution >= 4 is 40.6 Å². The smallest absolute Gasteiger partial charge is 0.335 e. The highest BCUT2D eigenvalue weighted by atomic mass is 32.2. The van der Waals surface area contributed by atoms with Crippen LogP contribution in [0.3, 0.4) is 0 Å². The van der Waals surface area contributed by atoms with Crippen LogP contribution in [0.2, 0.25) is 0 Å². The molecule has 28 heavy (non-hydrogen) atoms. The molecule has 0 unspecified atom stereocenters. The van der Waals surface area contributed by atoms with Crippen LogP contribution in [0.1, 0.15) is 35.7 Å². The van der Waals surface area contributed by atoms with Crippen LogP contribution in [0.5, 0.6) is 5.75 Å². The number of aromatic carboxylic acids is 1. The van der Waals surface area contributed by atoms with Crippen LogP contribution in [0.25, 0.3) is 6.08 Å². The number of phenolic OH excluding ortho intramolecular Hbond substituents is 1. The Morgan fingerprint density at radius 2 is 1.96 bits per heavy atom. The highest BCUT2D eigenvalue weighted by Gasteiger charge is 2.32. The van der Waals surface area contributed by atoms with Crippen molar-refractivity contribution in [3.63, 3.8) is 0 Å². The molecule has 0 aromatic heterocycles. The Labute approximate surface area is 167 Å². The molecule has 1 amide bonds. The molecule has 7 heteroatoms. The summed E-state index contributed by atoms with van der Waals surface area (Å²) in [4.78, 5) is 30.8. The van der Waals surface area contributed by atoms with E-state index in [1.54, 1.807) is 47.4 Å². The number of thioether (sulfide) groups is 1. The number of carbonyl (C=O) groups excluding carboxylic acids is 1. The van der Waals surface area contributed by atoms with Crippen molar-refractivity contribution in [2.75, 3.05) is 6.54 Å². The largest absolute Gasteiger partial charge is 0.508 e. The molecule has 1 heterocycles. The number of carbonyl (C=O) groups is 2. The first-order valence-electron chi connectivity index (χ1n) is 8.90. The van der Waals surface area contributed by atoms with Gasteiger partial charge in [0.15, 0.2) is 5.17 Å². The average Bonchev–Trinajstić information content (AvgIpc) is 2.96. The third-order valence-corrected chi connectivity index (χ3v) is 5.14. The third-order valence-electron chi connectivity index (χ3n) is 4.13. The van der Waals surface area contributed by atoms with E-state index < -0.39 is 5.97 Å². The maximum absolute atomic E-state index is 12.9. The standard InChI is InChI=1S/C21H20N2O4S/c1-2-3-11-23-19(25)18(12-14-7-9-17(24)10-8-14)28-21(23)22-16-6-4-5-15(13-16)20(26)27/h4-10,12-13,24H,2-3,11H2,1H3,(H,26,27)/b18-12-,22-21?. The quantitative estimate of drug-likeness (QED) is 0.702. The van der Waals surface area contributed by atoms with E-state index in [0.717, 1.165) is 18.4 Å². The fourth-order valence-electron chi connectivity index (χ4n) is 2.65. The van der Waals surface area contributed by atoms with Gasteiger partial charge in [0.25, 0.3) is 5.91 Å². The Morgan fingerprint density at radius 1 is 1.21 bits per heavy atom. The number of phenols is 1. The molecule has 2 aromatic carbocycles. The second-order valence-corrected chi connectivity index (χ2v) is 7.27. The number of carboxylic acids is 1. The average molecular weight is 396 g/mol. The van der Waals surface area contributed by atoms with Crippen LogP contribution in [0, 0.1) is 0 Å². The zero-order valence-electron chi connectivity index (χ0n) is 15.3. The fraction of sp³-hybridized carbons (Fsp3) is 0.190. The number of benzene rings is 2. The SMILES string of the molecule is CCCCN1C(=O)/C(=C/c2ccc(O)cc2)SC1=Nc1cccc(C(=O)O)c1. The molecule has 1 fully saturated rings. The first kappa shape index (κ1) is 19.7. The van der Waals surface area contributed by atoms with Gasteiger partial charge in [0.1, 0.15) is 5.75 Å². The number of amidine groups is 1. The Balaban J connectivity index is 1.94. The molecule has 144 valence electrons. The van der Waals surface area contributed by atoms with Crippen LogP contribution in [-0.2, 0) is 4.79 Å². The summed E-state index contributed by atoms with van der Waals surface area (Å²) >= 11 is 1.26. The predicted octanol–water partition coefficient (Wildman–Crippen LogP) is 4.49. The molecule has 0 bridgehead atoms. The normalized spacial score (nSPS) is 16.9. The molecule has 1 aliphatic heterocycles. The van der Waals surface area contributed by atoms with Crippen molar-refractivity contribution in [2.45, 2.75) is 19.8 Å². The molecule has 1 aliphatic rings. The molecule has 2 aromatic rings. The highest BCUT2D eigenvalue weighted by Crippen LogP contribution is 2.34. The molecule has 0 atom stereocenters. The van der Waals surface area contributed by atoms with Crippen LogP contribution in [0.4, 0.5) is 5.69 Å². The second-order valence-electron chi connectivity index (χ2n) is 6.26. The van der Waals surface area contributed by atoms with E-state index in [4.69, 9.17) is 5.11 Å². The van der Waals surface area contributed by atoms with Gasteiger partial charge in [-0.15, -0.1) is 0 Å². The topological polar surface area (TPSA) is 90.2 Å². The first-order valence-corrected chi connectivity index (χ1v) is 9.72. The van der Waals surface area contributed by atoms with Gasteiger partial charge >= 0.3 is 5.97 Å². The van der Waals surface area contributed by atoms with Gasteiger partial charge in [0.2, 0.25) is 0 Å². The maximum atomic E-state index is 12.9. The maximum Gasteiger partial charge on any atom is 0.335 e. The van der Waals surface area contributed by atoms with Gasteiger partial charge in [-0.05, 0) is 60.2 Å². The van der Waals surface area contributed by atoms with E-state index in [1.807, 2.05) is 6.92 Å². The summed E-state index contributed by atoms with van der Waals surface area (Å²) in [6, 6.07) is 12.9. The van der Waals surface area contributed by atoms with Crippen LogP contribution >= 0.6 is 11.8 Å². The fourth-order valence-corrected chi connectivity index (χ4v) is 3.67. The van der Waals surface area contributed by atoms with Gasteiger partial charge in [-0.2, -0.15) is 0 Å². The Hall–Kier alpha value is -3.06. The molecular weight excluding hydrogens is 376 g/mol. The summed E-state index contributed by atoms with van der Waals surface area (Å²) < 4.78 is 0. The van der Waals surface area contributed by atoms with E-state index >= 15 is 0 Å². The lowest BCUT2D eigenvalue weighted by molar-refractivity contribution is -0.122. The van der Waals surface area contributed by atoms with E-state index in [-0.39, 0.29) is 17.2 Å². The lowest BCUT2D eigenvalue weighted by Crippen LogP contribution is -2.30. The van der Waals surface area contributed by atoms with Crippen molar-refractivity contribution in [3.05, 3.63) is 64.6 Å². The highest BCUT2D eigenvalue weighted by molar-refractivity contribution is 8.18. The number of aliphatic imine (C=N–C) groups is 1. The lowest BCUT2D eigenvalue weighted by Gasteiger charge is -2.14. The van der Waals surface area contributed by atoms with Gasteiger partial charge in [0, 0.05) is 6.54 Å². The molecule has 6 nitrogen and oxygen atoms in total. The van der Waals surface area contributed by atoms with Crippen molar-refractivity contribution in [2.24, 2.45) is 4.99 Å². The molecule has 1 saturated heterocycles. The van der Waals surface area contributed by atoms with Crippen molar-refractivity contribution in [1.29, 1.82) is 0 Å². The van der Waals surface area contributed by atoms with Crippen molar-refractivity contribution in [3.8, 4) is 5.75 Å². The number of unbranched alkanes of at least 4 members (excludes halogenated alkanes) is 1. The number of carboxylic acid groups (broad SMARTS) is 1. The number of rotatable bonds is 6. The van der Waals surface area contributed by atoms with Crippen molar-refractivity contribution in [1.82, 2.24) is 4.90 Å². The summed E-state index contributed by atoms with van der Waals surface area (Å²) in [7, 11) is 0. The zero-order valence-corrected chi connectivity index (χ0v) is 16.1. The van der Waals surface area contributed by atoms with Gasteiger partial charge < -0.3 is 10.2 Å². The van der Waals surface area contributed by atoms with Crippen LogP contribution in [-0.4, -0.2) is 38.7 Å². The van der Waals surface area contributed by atoms with E-state index in [2.05, 4.69) is 4.99 Å². The zero-order chi connectivity index (χ0) is 20.1. The Morgan fingerprint density at radius 3 is 2.64 bits per heavy atom. The number of hydrogen-bond acceptors (Lipinski definition) is 5.